The molecule has 0 heterocycles. The van der Waals surface area contributed by atoms with Gasteiger partial charge in [-0.15, -0.1) is 0 Å². The van der Waals surface area contributed by atoms with Gasteiger partial charge in [0, 0.05) is 23.7 Å². The first-order valence-electron chi connectivity index (χ1n) is 18.1. The van der Waals surface area contributed by atoms with Crippen LogP contribution in [0.5, 0.6) is 23.0 Å². The van der Waals surface area contributed by atoms with Crippen LogP contribution in [-0.2, 0) is 22.4 Å². The number of rotatable bonds is 4. The Morgan fingerprint density at radius 2 is 0.935 bits per heavy atom. The molecule has 3 aromatic carbocycles. The van der Waals surface area contributed by atoms with E-state index in [-0.39, 0.29) is 10.8 Å². The van der Waals surface area contributed by atoms with Gasteiger partial charge in [0.1, 0.15) is 34.6 Å². The molecule has 8 atom stereocenters. The highest BCUT2D eigenvalue weighted by Gasteiger charge is 2.55. The van der Waals surface area contributed by atoms with Gasteiger partial charge in [0.15, 0.2) is 0 Å². The normalized spacial score (nSPS) is 35.7. The van der Waals surface area contributed by atoms with Crippen LogP contribution in [-0.4, -0.2) is 11.6 Å². The van der Waals surface area contributed by atoms with E-state index in [1.807, 2.05) is 24.3 Å². The number of carbonyl (C=O) groups is 2. The molecule has 0 N–H and O–H groups in total. The van der Waals surface area contributed by atoms with E-state index in [1.165, 1.54) is 35.1 Å². The third kappa shape index (κ3) is 4.38. The molecule has 4 saturated carbocycles. The van der Waals surface area contributed by atoms with Gasteiger partial charge in [-0.25, -0.2) is 0 Å². The largest absolute Gasteiger partial charge is 0.457 e. The van der Waals surface area contributed by atoms with Crippen molar-refractivity contribution in [3.05, 3.63) is 82.9 Å². The van der Waals surface area contributed by atoms with Gasteiger partial charge in [0.25, 0.3) is 0 Å². The van der Waals surface area contributed by atoms with Crippen LogP contribution in [0.1, 0.15) is 112 Å². The molecule has 0 radical (unpaired) electrons. The molecular weight excluding hydrogens is 568 g/mol. The van der Waals surface area contributed by atoms with Gasteiger partial charge in [-0.05, 0) is 171 Å². The molecule has 4 fully saturated rings. The molecule has 6 aliphatic rings. The van der Waals surface area contributed by atoms with Gasteiger partial charge >= 0.3 is 0 Å². The van der Waals surface area contributed by atoms with Crippen molar-refractivity contribution in [2.75, 3.05) is 0 Å². The first-order valence-corrected chi connectivity index (χ1v) is 18.1. The lowest BCUT2D eigenvalue weighted by molar-refractivity contribution is -0.130. The summed E-state index contributed by atoms with van der Waals surface area (Å²) < 4.78 is 12.7. The van der Waals surface area contributed by atoms with Gasteiger partial charge in [-0.2, -0.15) is 0 Å². The minimum absolute atomic E-state index is 0.0717. The van der Waals surface area contributed by atoms with Crippen molar-refractivity contribution in [3.63, 3.8) is 0 Å². The fraction of sp³-hybridized carbons (Fsp3) is 0.524. The zero-order valence-electron chi connectivity index (χ0n) is 27.4. The van der Waals surface area contributed by atoms with Crippen LogP contribution in [0.25, 0.3) is 0 Å². The van der Waals surface area contributed by atoms with E-state index in [4.69, 9.17) is 9.47 Å². The molecule has 46 heavy (non-hydrogen) atoms. The van der Waals surface area contributed by atoms with Crippen molar-refractivity contribution in [3.8, 4) is 23.0 Å². The van der Waals surface area contributed by atoms with Crippen LogP contribution < -0.4 is 9.47 Å². The number of hydrogen-bond acceptors (Lipinski definition) is 4. The Labute approximate surface area is 273 Å². The van der Waals surface area contributed by atoms with E-state index in [0.717, 1.165) is 87.2 Å². The maximum absolute atomic E-state index is 12.7. The Hall–Kier alpha value is -3.40. The van der Waals surface area contributed by atoms with Crippen LogP contribution >= 0.6 is 0 Å². The Bertz CT molecular complexity index is 1600. The minimum Gasteiger partial charge on any atom is -0.457 e. The van der Waals surface area contributed by atoms with E-state index in [0.29, 0.717) is 47.1 Å². The summed E-state index contributed by atoms with van der Waals surface area (Å²) in [4.78, 5) is 25.4. The lowest BCUT2D eigenvalue weighted by Crippen LogP contribution is -2.42. The third-order valence-electron chi connectivity index (χ3n) is 14.1. The molecule has 0 aliphatic heterocycles. The van der Waals surface area contributed by atoms with E-state index in [2.05, 4.69) is 50.2 Å². The molecule has 6 aliphatic carbocycles. The van der Waals surface area contributed by atoms with Crippen LogP contribution in [0.15, 0.2) is 60.7 Å². The zero-order valence-corrected chi connectivity index (χ0v) is 27.4. The number of carbonyl (C=O) groups excluding carboxylic acids is 2. The van der Waals surface area contributed by atoms with E-state index < -0.39 is 0 Å². The zero-order chi connectivity index (χ0) is 31.2. The minimum atomic E-state index is -0.0717. The van der Waals surface area contributed by atoms with Crippen LogP contribution in [0, 0.1) is 34.5 Å². The fourth-order valence-corrected chi connectivity index (χ4v) is 11.6. The average Bonchev–Trinajstić information content (AvgIpc) is 3.55. The quantitative estimate of drug-likeness (QED) is 0.293. The predicted octanol–water partition coefficient (Wildman–Crippen LogP) is 10.1. The van der Waals surface area contributed by atoms with Crippen LogP contribution in [0.3, 0.4) is 0 Å². The SMILES string of the molecule is C[C@]12CC[C@@H]3c4ccc(Oc5ccc(Oc6ccc7c(c6)CC[C@@H]6[C@@H]7CC[C@]7(C)C(=O)CC[C@@H]67)cc5)cc4CC[C@H]3[C@@H]1CCC2=O. The number of hydrogen-bond donors (Lipinski definition) is 0. The maximum Gasteiger partial charge on any atom is 0.139 e. The van der Waals surface area contributed by atoms with Crippen molar-refractivity contribution in [1.82, 2.24) is 0 Å². The molecule has 0 amide bonds. The van der Waals surface area contributed by atoms with Gasteiger partial charge < -0.3 is 9.47 Å². The van der Waals surface area contributed by atoms with E-state index in [9.17, 15) is 9.59 Å². The summed E-state index contributed by atoms with van der Waals surface area (Å²) in [6, 6.07) is 21.3. The van der Waals surface area contributed by atoms with Crippen molar-refractivity contribution < 1.29 is 19.1 Å². The summed E-state index contributed by atoms with van der Waals surface area (Å²) in [5.41, 5.74) is 5.68. The molecule has 0 saturated heterocycles. The van der Waals surface area contributed by atoms with Crippen molar-refractivity contribution in [2.45, 2.75) is 103 Å². The molecule has 9 rings (SSSR count). The topological polar surface area (TPSA) is 52.6 Å². The third-order valence-corrected chi connectivity index (χ3v) is 14.1. The van der Waals surface area contributed by atoms with Crippen LogP contribution in [0.4, 0.5) is 0 Å². The molecule has 0 aromatic heterocycles. The van der Waals surface area contributed by atoms with E-state index in [1.54, 1.807) is 0 Å². The standard InChI is InChI=1S/C42H46O4/c1-41-21-19-33-31-13-9-29(23-25(31)3-11-35(33)37(41)15-17-39(41)43)45-27-5-7-28(8-6-27)46-30-10-14-32-26(24-30)4-12-36-34(32)20-22-42(2)38(36)16-18-40(42)44/h5-10,13-14,23-24,33-38H,3-4,11-12,15-22H2,1-2H3/t33-,34-,35-,36-,37+,38+,41+,42+/m1/s1. The Balaban J connectivity index is 0.858. The summed E-state index contributed by atoms with van der Waals surface area (Å²) in [7, 11) is 0. The summed E-state index contributed by atoms with van der Waals surface area (Å²) >= 11 is 0. The highest BCUT2D eigenvalue weighted by atomic mass is 16.5. The first kappa shape index (κ1) is 28.8. The second-order valence-corrected chi connectivity index (χ2v) is 16.1. The Morgan fingerprint density at radius 1 is 0.522 bits per heavy atom. The number of aryl methyl sites for hydroxylation is 2. The number of Topliss-reactive ketones (excluding diaryl/α,β-unsaturated/α-hetero) is 2. The van der Waals surface area contributed by atoms with Crippen LogP contribution in [0.2, 0.25) is 0 Å². The smallest absolute Gasteiger partial charge is 0.139 e. The molecular formula is C42H46O4. The Morgan fingerprint density at radius 3 is 1.37 bits per heavy atom. The monoisotopic (exact) mass is 614 g/mol. The molecule has 0 bridgehead atoms. The summed E-state index contributed by atoms with van der Waals surface area (Å²) in [6.07, 6.45) is 12.6. The van der Waals surface area contributed by atoms with Gasteiger partial charge in [-0.1, -0.05) is 26.0 Å². The Kier molecular flexibility index (Phi) is 6.61. The van der Waals surface area contributed by atoms with Crippen molar-refractivity contribution in [2.24, 2.45) is 34.5 Å². The number of ether oxygens (including phenoxy) is 2. The highest BCUT2D eigenvalue weighted by molar-refractivity contribution is 5.87. The fourth-order valence-electron chi connectivity index (χ4n) is 11.6. The molecule has 4 heteroatoms. The second-order valence-electron chi connectivity index (χ2n) is 16.1. The summed E-state index contributed by atoms with van der Waals surface area (Å²) in [5, 5.41) is 0. The molecule has 3 aromatic rings. The molecule has 0 unspecified atom stereocenters. The molecule has 4 nitrogen and oxygen atoms in total. The summed E-state index contributed by atoms with van der Waals surface area (Å²) in [6.45, 7) is 4.50. The predicted molar refractivity (Wildman–Crippen MR) is 179 cm³/mol. The number of benzene rings is 3. The van der Waals surface area contributed by atoms with Crippen molar-refractivity contribution >= 4 is 11.6 Å². The highest BCUT2D eigenvalue weighted by Crippen LogP contribution is 2.61. The maximum atomic E-state index is 12.7. The van der Waals surface area contributed by atoms with Crippen molar-refractivity contribution in [1.29, 1.82) is 0 Å². The van der Waals surface area contributed by atoms with Gasteiger partial charge in [0.2, 0.25) is 0 Å². The lowest BCUT2D eigenvalue weighted by Gasteiger charge is -2.48. The molecule has 238 valence electrons. The van der Waals surface area contributed by atoms with Gasteiger partial charge in [-0.3, -0.25) is 9.59 Å². The lowest BCUT2D eigenvalue weighted by atomic mass is 9.55. The van der Waals surface area contributed by atoms with Gasteiger partial charge in [0.05, 0.1) is 0 Å². The number of fused-ring (bicyclic) bond motifs is 10. The first-order chi connectivity index (χ1) is 22.3. The number of ketones is 2. The average molecular weight is 615 g/mol. The second kappa shape index (κ2) is 10.6. The summed E-state index contributed by atoms with van der Waals surface area (Å²) in [5.74, 6) is 8.00. The van der Waals surface area contributed by atoms with E-state index >= 15 is 0 Å². The molecule has 0 spiro atoms.